The molecule has 3 rings (SSSR count). The van der Waals surface area contributed by atoms with E-state index in [1.54, 1.807) is 13.0 Å². The first kappa shape index (κ1) is 15.6. The number of nitrogens with zero attached hydrogens (tertiary/aromatic N) is 1. The molecular formula is C16H19N3O4. The smallest absolute Gasteiger partial charge is 0.325 e. The van der Waals surface area contributed by atoms with Gasteiger partial charge in [-0.3, -0.25) is 14.4 Å². The van der Waals surface area contributed by atoms with Gasteiger partial charge in [-0.1, -0.05) is 17.7 Å². The van der Waals surface area contributed by atoms with Crippen LogP contribution in [0.3, 0.4) is 0 Å². The predicted molar refractivity (Wildman–Crippen MR) is 82.4 cm³/mol. The largest absolute Gasteiger partial charge is 0.465 e. The second kappa shape index (κ2) is 5.75. The summed E-state index contributed by atoms with van der Waals surface area (Å²) in [7, 11) is 0. The van der Waals surface area contributed by atoms with E-state index in [0.29, 0.717) is 5.69 Å². The second-order valence-corrected chi connectivity index (χ2v) is 5.82. The summed E-state index contributed by atoms with van der Waals surface area (Å²) in [5.74, 6) is -2.06. The van der Waals surface area contributed by atoms with Gasteiger partial charge in [0.15, 0.2) is 0 Å². The maximum absolute atomic E-state index is 12.8. The van der Waals surface area contributed by atoms with Crippen LogP contribution in [0.15, 0.2) is 18.2 Å². The third kappa shape index (κ3) is 2.42. The van der Waals surface area contributed by atoms with Gasteiger partial charge in [0.25, 0.3) is 5.91 Å². The van der Waals surface area contributed by atoms with Gasteiger partial charge >= 0.3 is 5.97 Å². The minimum atomic E-state index is -0.854. The van der Waals surface area contributed by atoms with Crippen LogP contribution in [0.25, 0.3) is 0 Å². The number of amides is 2. The lowest BCUT2D eigenvalue weighted by atomic mass is 9.97. The minimum absolute atomic E-state index is 0.220. The predicted octanol–water partition coefficient (Wildman–Crippen LogP) is 0.201. The second-order valence-electron chi connectivity index (χ2n) is 5.82. The van der Waals surface area contributed by atoms with Crippen molar-refractivity contribution in [1.29, 1.82) is 0 Å². The molecule has 2 aliphatic rings. The monoisotopic (exact) mass is 317 g/mol. The first-order chi connectivity index (χ1) is 11.0. The first-order valence-electron chi connectivity index (χ1n) is 7.58. The SMILES string of the molecule is CCOC(=O)C1NNC2C(=O)N(c3ccc(C)cc3C)C(=O)C12. The highest BCUT2D eigenvalue weighted by molar-refractivity contribution is 6.25. The molecule has 1 aromatic carbocycles. The molecule has 122 valence electrons. The fraction of sp³-hybridized carbons (Fsp3) is 0.438. The Labute approximate surface area is 133 Å². The van der Waals surface area contributed by atoms with Crippen molar-refractivity contribution in [2.45, 2.75) is 32.9 Å². The molecule has 7 heteroatoms. The molecule has 2 aliphatic heterocycles. The molecule has 0 saturated carbocycles. The molecule has 0 spiro atoms. The molecular weight excluding hydrogens is 298 g/mol. The number of nitrogens with one attached hydrogen (secondary N) is 2. The van der Waals surface area contributed by atoms with Gasteiger partial charge in [-0.15, -0.1) is 0 Å². The number of hydrogen-bond acceptors (Lipinski definition) is 6. The van der Waals surface area contributed by atoms with Crippen molar-refractivity contribution in [2.24, 2.45) is 5.92 Å². The van der Waals surface area contributed by atoms with Crippen molar-refractivity contribution in [3.63, 3.8) is 0 Å². The normalized spacial score (nSPS) is 26.6. The molecule has 2 N–H and O–H groups in total. The number of carbonyl (C=O) groups is 3. The quantitative estimate of drug-likeness (QED) is 0.612. The molecule has 7 nitrogen and oxygen atoms in total. The topological polar surface area (TPSA) is 87.7 Å². The van der Waals surface area contributed by atoms with Crippen LogP contribution in [0.1, 0.15) is 18.1 Å². The van der Waals surface area contributed by atoms with Crippen LogP contribution in [0, 0.1) is 19.8 Å². The summed E-state index contributed by atoms with van der Waals surface area (Å²) in [4.78, 5) is 38.5. The highest BCUT2D eigenvalue weighted by Crippen LogP contribution is 2.33. The molecule has 2 amide bonds. The molecule has 1 aromatic rings. The number of hydrogen-bond donors (Lipinski definition) is 2. The maximum Gasteiger partial charge on any atom is 0.325 e. The van der Waals surface area contributed by atoms with Crippen molar-refractivity contribution in [2.75, 3.05) is 11.5 Å². The van der Waals surface area contributed by atoms with Crippen LogP contribution in [0.5, 0.6) is 0 Å². The highest BCUT2D eigenvalue weighted by atomic mass is 16.5. The lowest BCUT2D eigenvalue weighted by Crippen LogP contribution is -2.46. The van der Waals surface area contributed by atoms with Gasteiger partial charge in [0.1, 0.15) is 12.1 Å². The van der Waals surface area contributed by atoms with Crippen LogP contribution >= 0.6 is 0 Å². The van der Waals surface area contributed by atoms with Gasteiger partial charge in [0, 0.05) is 0 Å². The molecule has 2 heterocycles. The zero-order valence-electron chi connectivity index (χ0n) is 13.3. The number of carbonyl (C=O) groups excluding carboxylic acids is 3. The Hall–Kier alpha value is -2.25. The average Bonchev–Trinajstić information content (AvgIpc) is 3.02. The van der Waals surface area contributed by atoms with E-state index in [1.165, 1.54) is 4.90 Å². The number of hydrazine groups is 1. The Morgan fingerprint density at radius 1 is 1.22 bits per heavy atom. The fourth-order valence-corrected chi connectivity index (χ4v) is 3.18. The molecule has 3 unspecified atom stereocenters. The number of benzene rings is 1. The van der Waals surface area contributed by atoms with Crippen LogP contribution in [-0.2, 0) is 19.1 Å². The van der Waals surface area contributed by atoms with E-state index in [9.17, 15) is 14.4 Å². The minimum Gasteiger partial charge on any atom is -0.465 e. The number of aryl methyl sites for hydroxylation is 2. The summed E-state index contributed by atoms with van der Waals surface area (Å²) >= 11 is 0. The van der Waals surface area contributed by atoms with Gasteiger partial charge in [-0.05, 0) is 32.4 Å². The summed E-state index contributed by atoms with van der Waals surface area (Å²) in [6.07, 6.45) is 0. The van der Waals surface area contributed by atoms with E-state index in [2.05, 4.69) is 10.9 Å². The zero-order valence-corrected chi connectivity index (χ0v) is 13.3. The standard InChI is InChI=1S/C16H19N3O4/c1-4-23-16(22)13-11-12(17-18-13)15(21)19(14(11)20)10-6-5-8(2)7-9(10)3/h5-7,11-13,17-18H,4H2,1-3H3. The lowest BCUT2D eigenvalue weighted by molar-refractivity contribution is -0.147. The summed E-state index contributed by atoms with van der Waals surface area (Å²) < 4.78 is 4.97. The van der Waals surface area contributed by atoms with Crippen molar-refractivity contribution in [3.8, 4) is 0 Å². The number of fused-ring (bicyclic) bond motifs is 1. The Morgan fingerprint density at radius 3 is 2.61 bits per heavy atom. The molecule has 2 saturated heterocycles. The van der Waals surface area contributed by atoms with Crippen molar-refractivity contribution in [1.82, 2.24) is 10.9 Å². The molecule has 3 atom stereocenters. The number of imide groups is 1. The lowest BCUT2D eigenvalue weighted by Gasteiger charge is -2.20. The summed E-state index contributed by atoms with van der Waals surface area (Å²) in [6, 6.07) is 3.92. The first-order valence-corrected chi connectivity index (χ1v) is 7.58. The van der Waals surface area contributed by atoms with Gasteiger partial charge in [0.05, 0.1) is 18.2 Å². The molecule has 0 aliphatic carbocycles. The summed E-state index contributed by atoms with van der Waals surface area (Å²) in [5.41, 5.74) is 7.91. The molecule has 2 fully saturated rings. The van der Waals surface area contributed by atoms with E-state index in [1.807, 2.05) is 26.0 Å². The van der Waals surface area contributed by atoms with Crippen LogP contribution in [0.4, 0.5) is 5.69 Å². The van der Waals surface area contributed by atoms with Gasteiger partial charge in [-0.25, -0.2) is 15.8 Å². The summed E-state index contributed by atoms with van der Waals surface area (Å²) in [6.45, 7) is 5.71. The third-order valence-corrected chi connectivity index (χ3v) is 4.24. The van der Waals surface area contributed by atoms with E-state index < -0.39 is 24.0 Å². The zero-order chi connectivity index (χ0) is 16.7. The van der Waals surface area contributed by atoms with Gasteiger partial charge < -0.3 is 4.74 Å². The molecule has 23 heavy (non-hydrogen) atoms. The molecule has 0 bridgehead atoms. The van der Waals surface area contributed by atoms with E-state index in [-0.39, 0.29) is 18.4 Å². The number of esters is 1. The maximum atomic E-state index is 12.8. The van der Waals surface area contributed by atoms with Crippen molar-refractivity contribution >= 4 is 23.5 Å². The van der Waals surface area contributed by atoms with Gasteiger partial charge in [-0.2, -0.15) is 0 Å². The van der Waals surface area contributed by atoms with Gasteiger partial charge in [0.2, 0.25) is 5.91 Å². The Kier molecular flexibility index (Phi) is 3.91. The van der Waals surface area contributed by atoms with E-state index >= 15 is 0 Å². The Balaban J connectivity index is 1.93. The third-order valence-electron chi connectivity index (χ3n) is 4.24. The molecule has 0 radical (unpaired) electrons. The number of ether oxygens (including phenoxy) is 1. The van der Waals surface area contributed by atoms with E-state index in [4.69, 9.17) is 4.74 Å². The van der Waals surface area contributed by atoms with Crippen LogP contribution in [0.2, 0.25) is 0 Å². The van der Waals surface area contributed by atoms with Crippen LogP contribution < -0.4 is 15.8 Å². The molecule has 0 aromatic heterocycles. The Bertz CT molecular complexity index is 688. The highest BCUT2D eigenvalue weighted by Gasteiger charge is 2.57. The number of anilines is 1. The van der Waals surface area contributed by atoms with Crippen molar-refractivity contribution < 1.29 is 19.1 Å². The van der Waals surface area contributed by atoms with E-state index in [0.717, 1.165) is 11.1 Å². The van der Waals surface area contributed by atoms with Crippen LogP contribution in [-0.4, -0.2) is 36.5 Å². The fourth-order valence-electron chi connectivity index (χ4n) is 3.18. The Morgan fingerprint density at radius 2 is 1.96 bits per heavy atom. The number of rotatable bonds is 3. The summed E-state index contributed by atoms with van der Waals surface area (Å²) in [5, 5.41) is 0. The van der Waals surface area contributed by atoms with Crippen molar-refractivity contribution in [3.05, 3.63) is 29.3 Å². The average molecular weight is 317 g/mol.